The first-order valence-electron chi connectivity index (χ1n) is 8.00. The van der Waals surface area contributed by atoms with Crippen molar-refractivity contribution in [3.63, 3.8) is 0 Å². The minimum Gasteiger partial charge on any atom is -0.477 e. The highest BCUT2D eigenvalue weighted by Crippen LogP contribution is 2.41. The molecule has 0 aromatic heterocycles. The molecule has 0 spiro atoms. The SMILES string of the molecule is CC1=C(C(=O)O)SC2=NC(SCC(=O)Nc3ccccc3C(F)(F)F)=NC(=O)C21. The highest BCUT2D eigenvalue weighted by Gasteiger charge is 2.40. The van der Waals surface area contributed by atoms with E-state index in [4.69, 9.17) is 5.11 Å². The summed E-state index contributed by atoms with van der Waals surface area (Å²) in [5.41, 5.74) is -1.01. The molecular weight excluding hydrogens is 431 g/mol. The third kappa shape index (κ3) is 4.53. The quantitative estimate of drug-likeness (QED) is 0.739. The number of aliphatic imine (C=N–C) groups is 2. The lowest BCUT2D eigenvalue weighted by molar-refractivity contribution is -0.137. The van der Waals surface area contributed by atoms with Crippen molar-refractivity contribution >= 4 is 57.2 Å². The van der Waals surface area contributed by atoms with E-state index in [9.17, 15) is 27.6 Å². The predicted octanol–water partition coefficient (Wildman–Crippen LogP) is 3.39. The number of hydrogen-bond acceptors (Lipinski definition) is 6. The molecule has 2 N–H and O–H groups in total. The number of aliphatic carboxylic acids is 1. The molecule has 0 radical (unpaired) electrons. The van der Waals surface area contributed by atoms with E-state index in [1.807, 2.05) is 0 Å². The zero-order valence-corrected chi connectivity index (χ0v) is 16.2. The lowest BCUT2D eigenvalue weighted by Crippen LogP contribution is -2.25. The first-order chi connectivity index (χ1) is 13.6. The minimum atomic E-state index is -4.62. The summed E-state index contributed by atoms with van der Waals surface area (Å²) >= 11 is 1.62. The van der Waals surface area contributed by atoms with Crippen LogP contribution in [0.1, 0.15) is 12.5 Å². The molecule has 2 heterocycles. The molecule has 1 aromatic carbocycles. The molecule has 1 aromatic rings. The van der Waals surface area contributed by atoms with Crippen LogP contribution < -0.4 is 5.32 Å². The zero-order valence-electron chi connectivity index (χ0n) is 14.6. The summed E-state index contributed by atoms with van der Waals surface area (Å²) in [4.78, 5) is 43.4. The maximum Gasteiger partial charge on any atom is 0.418 e. The molecular formula is C17H12F3N3O4S2. The number of nitrogens with zero attached hydrogens (tertiary/aromatic N) is 2. The minimum absolute atomic E-state index is 0.00468. The van der Waals surface area contributed by atoms with Gasteiger partial charge in [-0.25, -0.2) is 9.79 Å². The molecule has 152 valence electrons. The molecule has 1 unspecified atom stereocenters. The van der Waals surface area contributed by atoms with Crippen LogP contribution in [-0.2, 0) is 20.6 Å². The molecule has 2 aliphatic heterocycles. The number of carbonyl (C=O) groups is 3. The van der Waals surface area contributed by atoms with Gasteiger partial charge in [-0.05, 0) is 24.6 Å². The van der Waals surface area contributed by atoms with Crippen molar-refractivity contribution in [2.45, 2.75) is 13.1 Å². The summed E-state index contributed by atoms with van der Waals surface area (Å²) < 4.78 is 39.0. The Kier molecular flexibility index (Phi) is 5.85. The molecule has 0 aliphatic carbocycles. The fourth-order valence-electron chi connectivity index (χ4n) is 2.65. The number of carboxylic acids is 1. The van der Waals surface area contributed by atoms with Gasteiger partial charge in [0, 0.05) is 0 Å². The summed E-state index contributed by atoms with van der Waals surface area (Å²) in [5.74, 6) is -3.68. The van der Waals surface area contributed by atoms with Crippen molar-refractivity contribution < 1.29 is 32.7 Å². The highest BCUT2D eigenvalue weighted by atomic mass is 32.2. The highest BCUT2D eigenvalue weighted by molar-refractivity contribution is 8.19. The number of alkyl halides is 3. The van der Waals surface area contributed by atoms with Gasteiger partial charge in [0.15, 0.2) is 5.17 Å². The van der Waals surface area contributed by atoms with Crippen LogP contribution >= 0.6 is 23.5 Å². The van der Waals surface area contributed by atoms with Gasteiger partial charge in [0.2, 0.25) is 5.91 Å². The second-order valence-electron chi connectivity index (χ2n) is 5.92. The Labute approximate surface area is 170 Å². The topological polar surface area (TPSA) is 108 Å². The monoisotopic (exact) mass is 443 g/mol. The van der Waals surface area contributed by atoms with E-state index in [-0.39, 0.29) is 26.6 Å². The van der Waals surface area contributed by atoms with Gasteiger partial charge in [-0.2, -0.15) is 18.2 Å². The van der Waals surface area contributed by atoms with Gasteiger partial charge >= 0.3 is 12.1 Å². The summed E-state index contributed by atoms with van der Waals surface area (Å²) in [6, 6.07) is 4.56. The number of halogens is 3. The Morgan fingerprint density at radius 3 is 2.62 bits per heavy atom. The molecule has 7 nitrogen and oxygen atoms in total. The molecule has 1 atom stereocenters. The molecule has 2 aliphatic rings. The molecule has 12 heteroatoms. The number of thioether (sulfide) groups is 2. The van der Waals surface area contributed by atoms with Crippen LogP contribution in [0.2, 0.25) is 0 Å². The van der Waals surface area contributed by atoms with Crippen molar-refractivity contribution in [3.8, 4) is 0 Å². The van der Waals surface area contributed by atoms with Gasteiger partial charge in [-0.1, -0.05) is 35.7 Å². The van der Waals surface area contributed by atoms with Gasteiger partial charge in [-0.15, -0.1) is 0 Å². The molecule has 0 fully saturated rings. The summed E-state index contributed by atoms with van der Waals surface area (Å²) in [5, 5.41) is 11.5. The number of anilines is 1. The van der Waals surface area contributed by atoms with E-state index >= 15 is 0 Å². The number of fused-ring (bicyclic) bond motifs is 1. The van der Waals surface area contributed by atoms with Crippen LogP contribution in [-0.4, -0.2) is 38.9 Å². The van der Waals surface area contributed by atoms with Crippen molar-refractivity contribution in [2.24, 2.45) is 15.9 Å². The van der Waals surface area contributed by atoms with Crippen LogP contribution in [0.4, 0.5) is 18.9 Å². The molecule has 2 amide bonds. The first kappa shape index (κ1) is 21.1. The molecule has 0 saturated carbocycles. The predicted molar refractivity (Wildman–Crippen MR) is 104 cm³/mol. The summed E-state index contributed by atoms with van der Waals surface area (Å²) in [6.45, 7) is 1.51. The van der Waals surface area contributed by atoms with Crippen molar-refractivity contribution in [1.82, 2.24) is 0 Å². The normalized spacial score (nSPS) is 18.9. The number of amidine groups is 1. The van der Waals surface area contributed by atoms with Gasteiger partial charge in [-0.3, -0.25) is 9.59 Å². The standard InChI is InChI=1S/C17H12F3N3O4S2/c1-7-11-13(25)22-16(23-14(11)29-12(7)15(26)27)28-6-10(24)21-9-5-3-2-4-8(9)17(18,19)20/h2-5,11H,6H2,1H3,(H,21,24)(H,26,27). The fourth-order valence-corrected chi connectivity index (χ4v) is 4.46. The molecule has 0 saturated heterocycles. The van der Waals surface area contributed by atoms with E-state index in [2.05, 4.69) is 15.3 Å². The molecule has 29 heavy (non-hydrogen) atoms. The fraction of sp³-hybridized carbons (Fsp3) is 0.235. The molecule has 0 bridgehead atoms. The van der Waals surface area contributed by atoms with Crippen LogP contribution in [0.25, 0.3) is 0 Å². The smallest absolute Gasteiger partial charge is 0.418 e. The van der Waals surface area contributed by atoms with Crippen molar-refractivity contribution in [3.05, 3.63) is 40.3 Å². The van der Waals surface area contributed by atoms with Crippen molar-refractivity contribution in [1.29, 1.82) is 0 Å². The number of carbonyl (C=O) groups excluding carboxylic acids is 2. The second kappa shape index (κ2) is 8.03. The Morgan fingerprint density at radius 1 is 1.28 bits per heavy atom. The number of rotatable bonds is 4. The lowest BCUT2D eigenvalue weighted by atomic mass is 10.0. The third-order valence-corrected chi connectivity index (χ3v) is 6.02. The largest absolute Gasteiger partial charge is 0.477 e. The van der Waals surface area contributed by atoms with Gasteiger partial charge in [0.05, 0.1) is 27.0 Å². The summed E-state index contributed by atoms with van der Waals surface area (Å²) in [6.07, 6.45) is -4.62. The van der Waals surface area contributed by atoms with E-state index < -0.39 is 35.4 Å². The number of carboxylic acid groups (broad SMARTS) is 1. The van der Waals surface area contributed by atoms with E-state index in [1.165, 1.54) is 19.1 Å². The zero-order chi connectivity index (χ0) is 21.3. The molecule has 3 rings (SSSR count). The second-order valence-corrected chi connectivity index (χ2v) is 7.89. The van der Waals surface area contributed by atoms with Gasteiger partial charge in [0.25, 0.3) is 5.91 Å². The maximum absolute atomic E-state index is 13.0. The Morgan fingerprint density at radius 2 is 1.97 bits per heavy atom. The average molecular weight is 443 g/mol. The Bertz CT molecular complexity index is 1000. The van der Waals surface area contributed by atoms with E-state index in [0.717, 1.165) is 35.7 Å². The van der Waals surface area contributed by atoms with Crippen LogP contribution in [0.5, 0.6) is 0 Å². The van der Waals surface area contributed by atoms with Crippen LogP contribution in [0.3, 0.4) is 0 Å². The maximum atomic E-state index is 13.0. The van der Waals surface area contributed by atoms with Crippen molar-refractivity contribution in [2.75, 3.05) is 11.1 Å². The van der Waals surface area contributed by atoms with Gasteiger partial charge < -0.3 is 10.4 Å². The Balaban J connectivity index is 1.66. The Hall–Kier alpha value is -2.60. The number of nitrogens with one attached hydrogen (secondary N) is 1. The van der Waals surface area contributed by atoms with E-state index in [0.29, 0.717) is 5.57 Å². The number of amides is 2. The number of para-hydroxylation sites is 1. The lowest BCUT2D eigenvalue weighted by Gasteiger charge is -2.15. The first-order valence-corrected chi connectivity index (χ1v) is 9.80. The van der Waals surface area contributed by atoms with Crippen LogP contribution in [0, 0.1) is 5.92 Å². The average Bonchev–Trinajstić information content (AvgIpc) is 2.97. The number of benzene rings is 1. The third-order valence-electron chi connectivity index (χ3n) is 3.94. The number of hydrogen-bond donors (Lipinski definition) is 2. The van der Waals surface area contributed by atoms with E-state index in [1.54, 1.807) is 0 Å². The van der Waals surface area contributed by atoms with Crippen LogP contribution in [0.15, 0.2) is 44.7 Å². The van der Waals surface area contributed by atoms with Gasteiger partial charge in [0.1, 0.15) is 5.92 Å². The summed E-state index contributed by atoms with van der Waals surface area (Å²) in [7, 11) is 0.